The third-order valence-electron chi connectivity index (χ3n) is 5.73. The second-order valence-corrected chi connectivity index (χ2v) is 10.5. The van der Waals surface area contributed by atoms with Gasteiger partial charge < -0.3 is 4.74 Å². The Morgan fingerprint density at radius 3 is 2.77 bits per heavy atom. The van der Waals surface area contributed by atoms with Gasteiger partial charge in [0.2, 0.25) is 5.91 Å². The third kappa shape index (κ3) is 5.17. The highest BCUT2D eigenvalue weighted by Gasteiger charge is 2.38. The lowest BCUT2D eigenvalue weighted by Crippen LogP contribution is -2.37. The van der Waals surface area contributed by atoms with E-state index in [1.165, 1.54) is 21.7 Å². The van der Waals surface area contributed by atoms with E-state index >= 15 is 0 Å². The van der Waals surface area contributed by atoms with E-state index in [9.17, 15) is 4.79 Å². The van der Waals surface area contributed by atoms with Gasteiger partial charge in [0.05, 0.1) is 4.75 Å². The maximum Gasteiger partial charge on any atom is 0.245 e. The van der Waals surface area contributed by atoms with Crippen molar-refractivity contribution in [1.82, 2.24) is 5.48 Å². The van der Waals surface area contributed by atoms with Gasteiger partial charge in [-0.3, -0.25) is 4.79 Å². The molecule has 1 unspecified atom stereocenters. The van der Waals surface area contributed by atoms with Gasteiger partial charge in [-0.15, -0.1) is 23.1 Å². The maximum absolute atomic E-state index is 12.8. The molecule has 2 saturated heterocycles. The molecule has 2 fully saturated rings. The van der Waals surface area contributed by atoms with Crippen LogP contribution in [0.25, 0.3) is 16.5 Å². The summed E-state index contributed by atoms with van der Waals surface area (Å²) in [6, 6.07) is 12.8. The van der Waals surface area contributed by atoms with Gasteiger partial charge in [0.15, 0.2) is 6.29 Å². The van der Waals surface area contributed by atoms with Crippen molar-refractivity contribution in [2.45, 2.75) is 56.0 Å². The molecule has 0 radical (unpaired) electrons. The van der Waals surface area contributed by atoms with Gasteiger partial charge in [-0.05, 0) is 54.7 Å². The smallest absolute Gasteiger partial charge is 0.245 e. The highest BCUT2D eigenvalue weighted by atomic mass is 32.2. The molecule has 4 nitrogen and oxygen atoms in total. The fourth-order valence-corrected chi connectivity index (χ4v) is 6.92. The normalized spacial score (nSPS) is 24.3. The molecule has 1 aromatic heterocycles. The highest BCUT2D eigenvalue weighted by Crippen LogP contribution is 2.50. The molecule has 1 aromatic carbocycles. The molecule has 2 aliphatic heterocycles. The number of hydrogen-bond donors (Lipinski definition) is 1. The van der Waals surface area contributed by atoms with E-state index in [2.05, 4.69) is 48.5 Å². The predicted molar refractivity (Wildman–Crippen MR) is 125 cm³/mol. The third-order valence-corrected chi connectivity index (χ3v) is 8.81. The highest BCUT2D eigenvalue weighted by molar-refractivity contribution is 8.00. The average molecular weight is 444 g/mol. The van der Waals surface area contributed by atoms with Gasteiger partial charge in [-0.2, -0.15) is 0 Å². The molecule has 0 aliphatic carbocycles. The first-order valence-corrected chi connectivity index (χ1v) is 12.5. The van der Waals surface area contributed by atoms with Crippen molar-refractivity contribution in [3.8, 4) is 10.4 Å². The first-order valence-electron chi connectivity index (χ1n) is 10.7. The molecular formula is C24H29NO3S2. The molecule has 1 amide bonds. The SMILES string of the molecule is C=Cc1ccc(-c2ccc([C@@]3(CC(=O)NOC4CCCCO4)CCCCS3)s2)cc1. The van der Waals surface area contributed by atoms with Crippen LogP contribution in [0.3, 0.4) is 0 Å². The van der Waals surface area contributed by atoms with Gasteiger partial charge in [0.1, 0.15) is 0 Å². The number of rotatable bonds is 7. The number of hydrogen-bond acceptors (Lipinski definition) is 5. The number of thioether (sulfide) groups is 1. The fraction of sp³-hybridized carbons (Fsp3) is 0.458. The molecule has 3 heterocycles. The van der Waals surface area contributed by atoms with Gasteiger partial charge in [-0.25, -0.2) is 10.3 Å². The summed E-state index contributed by atoms with van der Waals surface area (Å²) >= 11 is 3.72. The average Bonchev–Trinajstić information content (AvgIpc) is 3.30. The molecule has 1 N–H and O–H groups in total. The van der Waals surface area contributed by atoms with Crippen LogP contribution < -0.4 is 5.48 Å². The van der Waals surface area contributed by atoms with E-state index in [0.717, 1.165) is 43.4 Å². The molecule has 2 aromatic rings. The van der Waals surface area contributed by atoms with Crippen LogP contribution in [0, 0.1) is 0 Å². The van der Waals surface area contributed by atoms with Gasteiger partial charge >= 0.3 is 0 Å². The monoisotopic (exact) mass is 443 g/mol. The Morgan fingerprint density at radius 2 is 2.07 bits per heavy atom. The quantitative estimate of drug-likeness (QED) is 0.523. The van der Waals surface area contributed by atoms with Crippen molar-refractivity contribution in [1.29, 1.82) is 0 Å². The first-order chi connectivity index (χ1) is 14.7. The lowest BCUT2D eigenvalue weighted by atomic mass is 9.94. The molecule has 2 aliphatic rings. The summed E-state index contributed by atoms with van der Waals surface area (Å²) in [6.07, 6.45) is 8.31. The largest absolute Gasteiger partial charge is 0.350 e. The van der Waals surface area contributed by atoms with Crippen LogP contribution in [0.4, 0.5) is 0 Å². The minimum atomic E-state index is -0.315. The Morgan fingerprint density at radius 1 is 1.20 bits per heavy atom. The van der Waals surface area contributed by atoms with Crippen LogP contribution in [-0.2, 0) is 19.1 Å². The van der Waals surface area contributed by atoms with Crippen LogP contribution in [-0.4, -0.2) is 24.6 Å². The molecule has 0 saturated carbocycles. The summed E-state index contributed by atoms with van der Waals surface area (Å²) in [5.41, 5.74) is 4.99. The number of hydroxylamine groups is 1. The summed E-state index contributed by atoms with van der Waals surface area (Å²) in [6.45, 7) is 4.52. The molecule has 30 heavy (non-hydrogen) atoms. The van der Waals surface area contributed by atoms with Gasteiger partial charge in [0, 0.05) is 29.2 Å². The second kappa shape index (κ2) is 10.1. The number of carbonyl (C=O) groups excluding carboxylic acids is 1. The Labute approximate surface area is 187 Å². The zero-order valence-corrected chi connectivity index (χ0v) is 18.9. The van der Waals surface area contributed by atoms with E-state index in [0.29, 0.717) is 13.0 Å². The Kier molecular flexibility index (Phi) is 7.31. The summed E-state index contributed by atoms with van der Waals surface area (Å²) in [5.74, 6) is 1.02. The zero-order valence-electron chi connectivity index (χ0n) is 17.2. The van der Waals surface area contributed by atoms with Crippen LogP contribution in [0.1, 0.15) is 55.4 Å². The number of benzene rings is 1. The minimum absolute atomic E-state index is 0.0659. The van der Waals surface area contributed by atoms with Crippen molar-refractivity contribution in [3.63, 3.8) is 0 Å². The topological polar surface area (TPSA) is 47.6 Å². The van der Waals surface area contributed by atoms with Crippen molar-refractivity contribution >= 4 is 35.1 Å². The number of ether oxygens (including phenoxy) is 1. The Hall–Kier alpha value is -1.60. The number of carbonyl (C=O) groups is 1. The van der Waals surface area contributed by atoms with Crippen molar-refractivity contribution in [2.75, 3.05) is 12.4 Å². The molecule has 160 valence electrons. The zero-order chi connectivity index (χ0) is 20.8. The second-order valence-electron chi connectivity index (χ2n) is 7.91. The first kappa shape index (κ1) is 21.6. The predicted octanol–water partition coefficient (Wildman–Crippen LogP) is 6.14. The van der Waals surface area contributed by atoms with Gasteiger partial charge in [-0.1, -0.05) is 43.3 Å². The summed E-state index contributed by atoms with van der Waals surface area (Å²) in [7, 11) is 0. The molecule has 6 heteroatoms. The lowest BCUT2D eigenvalue weighted by Gasteiger charge is -2.35. The number of nitrogens with one attached hydrogen (secondary N) is 1. The number of amides is 1. The van der Waals surface area contributed by atoms with Crippen LogP contribution >= 0.6 is 23.1 Å². The van der Waals surface area contributed by atoms with E-state index < -0.39 is 0 Å². The van der Waals surface area contributed by atoms with Gasteiger partial charge in [0.25, 0.3) is 0 Å². The van der Waals surface area contributed by atoms with Crippen LogP contribution in [0.5, 0.6) is 0 Å². The standard InChI is InChI=1S/C24H29NO3S2/c1-2-18-8-10-19(11-9-18)20-12-13-21(30-20)24(14-4-6-16-29-24)17-22(26)25-28-23-7-3-5-15-27-23/h2,8-13,23H,1,3-7,14-17H2,(H,25,26)/t23?,24-/m0/s1. The molecular weight excluding hydrogens is 414 g/mol. The Balaban J connectivity index is 1.46. The molecule has 4 rings (SSSR count). The van der Waals surface area contributed by atoms with Crippen molar-refractivity contribution < 1.29 is 14.4 Å². The fourth-order valence-electron chi connectivity index (χ4n) is 4.03. The molecule has 0 spiro atoms. The van der Waals surface area contributed by atoms with E-state index in [4.69, 9.17) is 9.57 Å². The minimum Gasteiger partial charge on any atom is -0.350 e. The van der Waals surface area contributed by atoms with Crippen molar-refractivity contribution in [3.05, 3.63) is 53.4 Å². The van der Waals surface area contributed by atoms with E-state index in [1.807, 2.05) is 17.8 Å². The lowest BCUT2D eigenvalue weighted by molar-refractivity contribution is -0.200. The van der Waals surface area contributed by atoms with Crippen molar-refractivity contribution in [2.24, 2.45) is 0 Å². The summed E-state index contributed by atoms with van der Waals surface area (Å²) in [5, 5.41) is 0. The van der Waals surface area contributed by atoms with E-state index in [-0.39, 0.29) is 16.9 Å². The Bertz CT molecular complexity index is 850. The maximum atomic E-state index is 12.8. The molecule has 2 atom stereocenters. The van der Waals surface area contributed by atoms with E-state index in [1.54, 1.807) is 11.3 Å². The number of thiophene rings is 1. The van der Waals surface area contributed by atoms with Crippen LogP contribution in [0.15, 0.2) is 43.0 Å². The van der Waals surface area contributed by atoms with Crippen LogP contribution in [0.2, 0.25) is 0 Å². The summed E-state index contributed by atoms with van der Waals surface area (Å²) in [4.78, 5) is 20.8. The summed E-state index contributed by atoms with van der Waals surface area (Å²) < 4.78 is 5.37. The molecule has 0 bridgehead atoms.